The van der Waals surface area contributed by atoms with Crippen molar-refractivity contribution in [2.24, 2.45) is 0 Å². The minimum atomic E-state index is -0.436. The molecule has 3 heteroatoms. The fourth-order valence-corrected chi connectivity index (χ4v) is 1.06. The lowest BCUT2D eigenvalue weighted by atomic mass is 10.1. The number of esters is 1. The SMILES string of the molecule is CC.CCCOC(=O)c1ccccc1C=O. The van der Waals surface area contributed by atoms with Crippen molar-refractivity contribution in [3.63, 3.8) is 0 Å². The van der Waals surface area contributed by atoms with Gasteiger partial charge in [0.2, 0.25) is 0 Å². The highest BCUT2D eigenvalue weighted by atomic mass is 16.5. The Bertz CT molecular complexity index is 332. The van der Waals surface area contributed by atoms with Crippen LogP contribution in [-0.2, 0) is 4.74 Å². The van der Waals surface area contributed by atoms with E-state index in [0.29, 0.717) is 24.0 Å². The third-order valence-corrected chi connectivity index (χ3v) is 1.74. The van der Waals surface area contributed by atoms with Crippen molar-refractivity contribution in [1.29, 1.82) is 0 Å². The number of ether oxygens (including phenoxy) is 1. The molecule has 16 heavy (non-hydrogen) atoms. The molecule has 1 aromatic rings. The van der Waals surface area contributed by atoms with Crippen molar-refractivity contribution < 1.29 is 14.3 Å². The van der Waals surface area contributed by atoms with Crippen LogP contribution in [0.15, 0.2) is 24.3 Å². The molecule has 0 bridgehead atoms. The van der Waals surface area contributed by atoms with Gasteiger partial charge in [-0.15, -0.1) is 0 Å². The maximum Gasteiger partial charge on any atom is 0.338 e. The van der Waals surface area contributed by atoms with Crippen molar-refractivity contribution in [2.75, 3.05) is 6.61 Å². The molecule has 0 unspecified atom stereocenters. The molecule has 0 N–H and O–H groups in total. The molecule has 1 aromatic carbocycles. The summed E-state index contributed by atoms with van der Waals surface area (Å²) in [6.45, 7) is 6.30. The summed E-state index contributed by atoms with van der Waals surface area (Å²) in [5.74, 6) is -0.436. The molecule has 0 saturated carbocycles. The Kier molecular flexibility index (Phi) is 7.76. The summed E-state index contributed by atoms with van der Waals surface area (Å²) in [5.41, 5.74) is 0.699. The summed E-state index contributed by atoms with van der Waals surface area (Å²) in [6.07, 6.45) is 1.43. The fourth-order valence-electron chi connectivity index (χ4n) is 1.06. The second kappa shape index (κ2) is 8.65. The van der Waals surface area contributed by atoms with Gasteiger partial charge in [-0.1, -0.05) is 39.0 Å². The first-order chi connectivity index (χ1) is 7.79. The number of rotatable bonds is 4. The molecule has 0 aliphatic carbocycles. The van der Waals surface area contributed by atoms with Crippen molar-refractivity contribution in [2.45, 2.75) is 27.2 Å². The normalized spacial score (nSPS) is 8.69. The molecule has 0 aliphatic heterocycles. The number of carbonyl (C=O) groups excluding carboxylic acids is 2. The smallest absolute Gasteiger partial charge is 0.338 e. The van der Waals surface area contributed by atoms with Crippen molar-refractivity contribution in [1.82, 2.24) is 0 Å². The molecule has 88 valence electrons. The topological polar surface area (TPSA) is 43.4 Å². The molecule has 0 atom stereocenters. The van der Waals surface area contributed by atoms with E-state index in [1.807, 2.05) is 20.8 Å². The van der Waals surface area contributed by atoms with E-state index in [1.54, 1.807) is 24.3 Å². The highest BCUT2D eigenvalue weighted by Crippen LogP contribution is 2.07. The molecule has 0 amide bonds. The highest BCUT2D eigenvalue weighted by Gasteiger charge is 2.10. The molecule has 0 fully saturated rings. The summed E-state index contributed by atoms with van der Waals surface area (Å²) in [7, 11) is 0. The zero-order valence-corrected chi connectivity index (χ0v) is 10.0. The lowest BCUT2D eigenvalue weighted by Gasteiger charge is -2.04. The van der Waals surface area contributed by atoms with Gasteiger partial charge in [0.1, 0.15) is 0 Å². The number of carbonyl (C=O) groups is 2. The Morgan fingerprint density at radius 2 is 1.94 bits per heavy atom. The second-order valence-electron chi connectivity index (χ2n) is 2.84. The van der Waals surface area contributed by atoms with Gasteiger partial charge in [-0.05, 0) is 12.5 Å². The first kappa shape index (κ1) is 14.4. The minimum Gasteiger partial charge on any atom is -0.462 e. The van der Waals surface area contributed by atoms with Crippen LogP contribution in [-0.4, -0.2) is 18.9 Å². The van der Waals surface area contributed by atoms with Crippen molar-refractivity contribution >= 4 is 12.3 Å². The number of hydrogen-bond donors (Lipinski definition) is 0. The van der Waals surface area contributed by atoms with Gasteiger partial charge in [0.25, 0.3) is 0 Å². The Hall–Kier alpha value is -1.64. The molecule has 0 aromatic heterocycles. The summed E-state index contributed by atoms with van der Waals surface area (Å²) in [6, 6.07) is 6.59. The summed E-state index contributed by atoms with van der Waals surface area (Å²) >= 11 is 0. The molecule has 1 rings (SSSR count). The standard InChI is InChI=1S/C11H12O3.C2H6/c1-2-7-14-11(13)10-6-4-3-5-9(10)8-12;1-2/h3-6,8H,2,7H2,1H3;1-2H3. The zero-order chi connectivity index (χ0) is 12.4. The molecule has 0 radical (unpaired) electrons. The van der Waals surface area contributed by atoms with Crippen molar-refractivity contribution in [3.8, 4) is 0 Å². The molecule has 0 saturated heterocycles. The van der Waals surface area contributed by atoms with Crippen LogP contribution < -0.4 is 0 Å². The maximum absolute atomic E-state index is 11.4. The van der Waals surface area contributed by atoms with Crippen LogP contribution in [0.5, 0.6) is 0 Å². The first-order valence-electron chi connectivity index (χ1n) is 5.51. The molecule has 0 spiro atoms. The van der Waals surface area contributed by atoms with Gasteiger partial charge in [-0.2, -0.15) is 0 Å². The Labute approximate surface area is 96.4 Å². The van der Waals surface area contributed by atoms with Crippen LogP contribution in [0, 0.1) is 0 Å². The maximum atomic E-state index is 11.4. The summed E-state index contributed by atoms with van der Waals surface area (Å²) in [4.78, 5) is 22.0. The zero-order valence-electron chi connectivity index (χ0n) is 10.0. The molecule has 0 aliphatic rings. The average molecular weight is 222 g/mol. The largest absolute Gasteiger partial charge is 0.462 e. The van der Waals surface area contributed by atoms with Gasteiger partial charge >= 0.3 is 5.97 Å². The number of aldehydes is 1. The van der Waals surface area contributed by atoms with E-state index in [9.17, 15) is 9.59 Å². The number of benzene rings is 1. The average Bonchev–Trinajstić information content (AvgIpc) is 2.38. The third-order valence-electron chi connectivity index (χ3n) is 1.74. The predicted octanol–water partition coefficient (Wildman–Crippen LogP) is 3.09. The molecule has 0 heterocycles. The summed E-state index contributed by atoms with van der Waals surface area (Å²) in [5, 5.41) is 0. The van der Waals surface area contributed by atoms with E-state index >= 15 is 0 Å². The van der Waals surface area contributed by atoms with E-state index in [1.165, 1.54) is 0 Å². The van der Waals surface area contributed by atoms with Gasteiger partial charge in [0, 0.05) is 5.56 Å². The van der Waals surface area contributed by atoms with E-state index in [-0.39, 0.29) is 0 Å². The highest BCUT2D eigenvalue weighted by molar-refractivity contribution is 5.98. The molecular weight excluding hydrogens is 204 g/mol. The van der Waals surface area contributed by atoms with Gasteiger partial charge in [-0.3, -0.25) is 4.79 Å². The van der Waals surface area contributed by atoms with E-state index in [2.05, 4.69) is 0 Å². The van der Waals surface area contributed by atoms with E-state index < -0.39 is 5.97 Å². The molecular formula is C13H18O3. The number of hydrogen-bond acceptors (Lipinski definition) is 3. The fraction of sp³-hybridized carbons (Fsp3) is 0.385. The summed E-state index contributed by atoms with van der Waals surface area (Å²) < 4.78 is 4.92. The van der Waals surface area contributed by atoms with Gasteiger partial charge < -0.3 is 4.74 Å². The van der Waals surface area contributed by atoms with Crippen LogP contribution >= 0.6 is 0 Å². The van der Waals surface area contributed by atoms with Crippen molar-refractivity contribution in [3.05, 3.63) is 35.4 Å². The Balaban J connectivity index is 0.00000106. The second-order valence-corrected chi connectivity index (χ2v) is 2.84. The van der Waals surface area contributed by atoms with Crippen LogP contribution in [0.3, 0.4) is 0 Å². The lowest BCUT2D eigenvalue weighted by molar-refractivity contribution is 0.0503. The van der Waals surface area contributed by atoms with Crippen LogP contribution in [0.1, 0.15) is 47.9 Å². The Morgan fingerprint density at radius 1 is 1.31 bits per heavy atom. The van der Waals surface area contributed by atoms with Crippen LogP contribution in [0.25, 0.3) is 0 Å². The van der Waals surface area contributed by atoms with Gasteiger partial charge in [0.05, 0.1) is 12.2 Å². The third kappa shape index (κ3) is 4.26. The quantitative estimate of drug-likeness (QED) is 0.580. The van der Waals surface area contributed by atoms with Crippen LogP contribution in [0.4, 0.5) is 0 Å². The Morgan fingerprint density at radius 3 is 2.50 bits per heavy atom. The van der Waals surface area contributed by atoms with Gasteiger partial charge in [-0.25, -0.2) is 4.79 Å². The first-order valence-corrected chi connectivity index (χ1v) is 5.51. The van der Waals surface area contributed by atoms with Crippen LogP contribution in [0.2, 0.25) is 0 Å². The van der Waals surface area contributed by atoms with Gasteiger partial charge in [0.15, 0.2) is 6.29 Å². The van der Waals surface area contributed by atoms with E-state index in [4.69, 9.17) is 4.74 Å². The lowest BCUT2D eigenvalue weighted by Crippen LogP contribution is -2.08. The molecule has 3 nitrogen and oxygen atoms in total. The predicted molar refractivity (Wildman–Crippen MR) is 63.8 cm³/mol. The monoisotopic (exact) mass is 222 g/mol. The minimum absolute atomic E-state index is 0.330. The van der Waals surface area contributed by atoms with E-state index in [0.717, 1.165) is 6.42 Å².